The molecule has 5 heterocycles. The summed E-state index contributed by atoms with van der Waals surface area (Å²) in [6.07, 6.45) is 6.91. The van der Waals surface area contributed by atoms with Gasteiger partial charge in [-0.25, -0.2) is 19.6 Å². The van der Waals surface area contributed by atoms with Crippen molar-refractivity contribution in [2.24, 2.45) is 5.73 Å². The lowest BCUT2D eigenvalue weighted by Crippen LogP contribution is -2.52. The number of pyridine rings is 1. The van der Waals surface area contributed by atoms with Crippen molar-refractivity contribution >= 4 is 11.7 Å². The number of rotatable bonds is 4. The third-order valence-electron chi connectivity index (χ3n) is 6.20. The molecule has 0 saturated carbocycles. The lowest BCUT2D eigenvalue weighted by atomic mass is 9.98. The fraction of sp³-hybridized carbons (Fsp3) is 0.476. The summed E-state index contributed by atoms with van der Waals surface area (Å²) in [4.78, 5) is 28.0. The molecule has 5 rings (SSSR count). The summed E-state index contributed by atoms with van der Waals surface area (Å²) in [6.45, 7) is 7.89. The number of primary amides is 1. The van der Waals surface area contributed by atoms with Crippen molar-refractivity contribution in [3.05, 3.63) is 24.8 Å². The molecule has 0 aliphatic carbocycles. The van der Waals surface area contributed by atoms with Crippen molar-refractivity contribution < 1.29 is 9.53 Å². The Kier molecular flexibility index (Phi) is 4.45. The van der Waals surface area contributed by atoms with E-state index in [9.17, 15) is 4.79 Å². The number of aromatic nitrogens is 6. The van der Waals surface area contributed by atoms with Crippen LogP contribution in [0.1, 0.15) is 39.7 Å². The molecule has 0 spiro atoms. The van der Waals surface area contributed by atoms with Gasteiger partial charge in [-0.15, -0.1) is 0 Å². The van der Waals surface area contributed by atoms with E-state index in [-0.39, 0.29) is 11.9 Å². The summed E-state index contributed by atoms with van der Waals surface area (Å²) in [6, 6.07) is 2.07. The third-order valence-corrected chi connectivity index (χ3v) is 6.20. The molecule has 2 aliphatic rings. The summed E-state index contributed by atoms with van der Waals surface area (Å²) in [7, 11) is 0. The van der Waals surface area contributed by atoms with Crippen LogP contribution < -0.4 is 15.4 Å². The minimum atomic E-state index is -0.738. The minimum Gasteiger partial charge on any atom is -0.491 e. The predicted molar refractivity (Wildman–Crippen MR) is 115 cm³/mol. The molecule has 2 aliphatic heterocycles. The number of ether oxygens (including phenoxy) is 1. The van der Waals surface area contributed by atoms with E-state index in [2.05, 4.69) is 33.5 Å². The molecule has 1 atom stereocenters. The Morgan fingerprint density at radius 1 is 1.26 bits per heavy atom. The van der Waals surface area contributed by atoms with E-state index in [1.807, 2.05) is 28.8 Å². The number of anilines is 1. The van der Waals surface area contributed by atoms with Gasteiger partial charge in [-0.3, -0.25) is 4.79 Å². The Labute approximate surface area is 180 Å². The molecule has 31 heavy (non-hydrogen) atoms. The van der Waals surface area contributed by atoms with Crippen molar-refractivity contribution in [2.75, 3.05) is 18.1 Å². The number of carbonyl (C=O) groups is 1. The van der Waals surface area contributed by atoms with E-state index in [1.165, 1.54) is 0 Å². The van der Waals surface area contributed by atoms with E-state index in [0.717, 1.165) is 35.9 Å². The molecule has 3 aromatic rings. The van der Waals surface area contributed by atoms with E-state index in [4.69, 9.17) is 15.5 Å². The highest BCUT2D eigenvalue weighted by Crippen LogP contribution is 2.39. The number of nitrogens with two attached hydrogens (primary N) is 1. The van der Waals surface area contributed by atoms with Crippen molar-refractivity contribution in [3.8, 4) is 28.7 Å². The number of fused-ring (bicyclic) bond motifs is 3. The average molecular weight is 422 g/mol. The van der Waals surface area contributed by atoms with Gasteiger partial charge in [-0.2, -0.15) is 5.10 Å². The molecule has 1 saturated heterocycles. The zero-order valence-electron chi connectivity index (χ0n) is 17.9. The molecule has 1 amide bonds. The van der Waals surface area contributed by atoms with Crippen molar-refractivity contribution in [1.29, 1.82) is 0 Å². The number of carbonyl (C=O) groups excluding carboxylic acids is 1. The first-order valence-corrected chi connectivity index (χ1v) is 10.6. The number of imidazole rings is 1. The smallest absolute Gasteiger partial charge is 0.243 e. The average Bonchev–Trinajstić information content (AvgIpc) is 3.44. The van der Waals surface area contributed by atoms with Gasteiger partial charge in [-0.1, -0.05) is 0 Å². The molecular weight excluding hydrogens is 396 g/mol. The fourth-order valence-corrected chi connectivity index (χ4v) is 4.42. The standard InChI is InChI=1S/C21H26N8O2/c1-13(2)29-19(24-12-25-29)15-11-27-7-8-31-16-9-17(23-10-14(16)18(27)26-15)28-6-4-5-21(28,3)20(22)30/h9-13H,4-8H2,1-3H3,(H2,22,30)/t21-/m1/s1. The van der Waals surface area contributed by atoms with Gasteiger partial charge in [-0.05, 0) is 33.6 Å². The minimum absolute atomic E-state index is 0.180. The highest BCUT2D eigenvalue weighted by Gasteiger charge is 2.42. The van der Waals surface area contributed by atoms with Gasteiger partial charge in [0.2, 0.25) is 5.91 Å². The van der Waals surface area contributed by atoms with Crippen molar-refractivity contribution in [2.45, 2.75) is 51.7 Å². The molecule has 0 unspecified atom stereocenters. The Morgan fingerprint density at radius 3 is 2.87 bits per heavy atom. The van der Waals surface area contributed by atoms with Crippen molar-refractivity contribution in [3.63, 3.8) is 0 Å². The van der Waals surface area contributed by atoms with Crippen LogP contribution in [0.2, 0.25) is 0 Å². The summed E-state index contributed by atoms with van der Waals surface area (Å²) >= 11 is 0. The zero-order valence-corrected chi connectivity index (χ0v) is 17.9. The van der Waals surface area contributed by atoms with Crippen LogP contribution in [-0.2, 0) is 11.3 Å². The van der Waals surface area contributed by atoms with E-state index in [1.54, 1.807) is 12.5 Å². The van der Waals surface area contributed by atoms with E-state index < -0.39 is 5.54 Å². The van der Waals surface area contributed by atoms with Crippen LogP contribution >= 0.6 is 0 Å². The molecule has 3 aromatic heterocycles. The van der Waals surface area contributed by atoms with Gasteiger partial charge in [0.05, 0.1) is 12.1 Å². The zero-order chi connectivity index (χ0) is 21.8. The highest BCUT2D eigenvalue weighted by molar-refractivity contribution is 5.88. The number of amides is 1. The van der Waals surface area contributed by atoms with E-state index >= 15 is 0 Å². The number of nitrogens with zero attached hydrogens (tertiary/aromatic N) is 7. The van der Waals surface area contributed by atoms with Crippen LogP contribution in [0, 0.1) is 0 Å². The topological polar surface area (TPSA) is 117 Å². The van der Waals surface area contributed by atoms with Crippen molar-refractivity contribution in [1.82, 2.24) is 29.3 Å². The Bertz CT molecular complexity index is 1150. The van der Waals surface area contributed by atoms with E-state index in [0.29, 0.717) is 31.1 Å². The SMILES string of the molecule is CC(C)n1ncnc1-c1cn2c(n1)-c1cnc(N3CCC[C@]3(C)C(N)=O)cc1OCC2. The van der Waals surface area contributed by atoms with Gasteiger partial charge in [0.25, 0.3) is 0 Å². The van der Waals surface area contributed by atoms with Crippen LogP contribution in [0.3, 0.4) is 0 Å². The lowest BCUT2D eigenvalue weighted by Gasteiger charge is -2.33. The fourth-order valence-electron chi connectivity index (χ4n) is 4.42. The van der Waals surface area contributed by atoms with Crippen LogP contribution in [0.25, 0.3) is 22.9 Å². The molecule has 10 nitrogen and oxygen atoms in total. The predicted octanol–water partition coefficient (Wildman–Crippen LogP) is 2.02. The maximum absolute atomic E-state index is 12.1. The Balaban J connectivity index is 1.55. The molecule has 0 radical (unpaired) electrons. The van der Waals surface area contributed by atoms with Crippen LogP contribution in [0.15, 0.2) is 24.8 Å². The summed E-state index contributed by atoms with van der Waals surface area (Å²) in [5.41, 5.74) is 6.54. The molecule has 1 fully saturated rings. The summed E-state index contributed by atoms with van der Waals surface area (Å²) in [5, 5.41) is 4.32. The Morgan fingerprint density at radius 2 is 2.10 bits per heavy atom. The first-order valence-electron chi connectivity index (χ1n) is 10.6. The van der Waals surface area contributed by atoms with Gasteiger partial charge >= 0.3 is 0 Å². The van der Waals surface area contributed by atoms with Crippen LogP contribution in [0.5, 0.6) is 5.75 Å². The Hall–Kier alpha value is -3.43. The quantitative estimate of drug-likeness (QED) is 0.683. The van der Waals surface area contributed by atoms with Crippen LogP contribution in [0.4, 0.5) is 5.82 Å². The molecule has 0 bridgehead atoms. The number of hydrogen-bond acceptors (Lipinski definition) is 7. The first kappa shape index (κ1) is 19.5. The van der Waals surface area contributed by atoms with Gasteiger partial charge < -0.3 is 19.9 Å². The largest absolute Gasteiger partial charge is 0.491 e. The van der Waals surface area contributed by atoms with Crippen LogP contribution in [-0.4, -0.2) is 53.9 Å². The first-order chi connectivity index (χ1) is 14.9. The number of hydrogen-bond donors (Lipinski definition) is 1. The lowest BCUT2D eigenvalue weighted by molar-refractivity contribution is -0.122. The summed E-state index contributed by atoms with van der Waals surface area (Å²) < 4.78 is 9.95. The highest BCUT2D eigenvalue weighted by atomic mass is 16.5. The second-order valence-corrected chi connectivity index (χ2v) is 8.55. The molecule has 2 N–H and O–H groups in total. The van der Waals surface area contributed by atoms with Gasteiger partial charge in [0.1, 0.15) is 41.6 Å². The monoisotopic (exact) mass is 422 g/mol. The molecule has 0 aromatic carbocycles. The van der Waals surface area contributed by atoms with Gasteiger partial charge in [0.15, 0.2) is 5.82 Å². The van der Waals surface area contributed by atoms with Gasteiger partial charge in [0, 0.05) is 31.0 Å². The second-order valence-electron chi connectivity index (χ2n) is 8.55. The molecule has 10 heteroatoms. The third kappa shape index (κ3) is 3.05. The second kappa shape index (κ2) is 7.07. The maximum atomic E-state index is 12.1. The molecule has 162 valence electrons. The molecular formula is C21H26N8O2. The summed E-state index contributed by atoms with van der Waals surface area (Å²) in [5.74, 6) is 2.57. The normalized spacial score (nSPS) is 20.3. The maximum Gasteiger partial charge on any atom is 0.243 e.